The van der Waals surface area contributed by atoms with Crippen LogP contribution in [0.15, 0.2) is 36.5 Å². The van der Waals surface area contributed by atoms with E-state index >= 15 is 0 Å². The number of carbonyl (C=O) groups excluding carboxylic acids is 3. The van der Waals surface area contributed by atoms with E-state index in [-0.39, 0.29) is 16.4 Å². The molecule has 0 fully saturated rings. The maximum absolute atomic E-state index is 13.0. The molecule has 0 unspecified atom stereocenters. The number of rotatable bonds is 6. The summed E-state index contributed by atoms with van der Waals surface area (Å²) in [5, 5.41) is 5.02. The number of halogens is 3. The highest BCUT2D eigenvalue weighted by atomic mass is 35.5. The molecule has 2 amide bonds. The van der Waals surface area contributed by atoms with Gasteiger partial charge in [0.2, 0.25) is 0 Å². The molecule has 2 aromatic rings. The fourth-order valence-electron chi connectivity index (χ4n) is 1.76. The lowest BCUT2D eigenvalue weighted by molar-refractivity contribution is -0.146. The Morgan fingerprint density at radius 1 is 1.19 bits per heavy atom. The van der Waals surface area contributed by atoms with Crippen LogP contribution < -0.4 is 10.6 Å². The van der Waals surface area contributed by atoms with Crippen molar-refractivity contribution in [1.82, 2.24) is 10.3 Å². The average Bonchev–Trinajstić information content (AvgIpc) is 2.60. The van der Waals surface area contributed by atoms with Crippen LogP contribution in [0, 0.1) is 5.82 Å². The lowest BCUT2D eigenvalue weighted by Crippen LogP contribution is -2.32. The van der Waals surface area contributed by atoms with Gasteiger partial charge in [-0.25, -0.2) is 9.37 Å². The van der Waals surface area contributed by atoms with E-state index in [4.69, 9.17) is 27.9 Å². The van der Waals surface area contributed by atoms with Gasteiger partial charge in [-0.3, -0.25) is 14.4 Å². The predicted molar refractivity (Wildman–Crippen MR) is 92.6 cm³/mol. The van der Waals surface area contributed by atoms with E-state index in [1.807, 2.05) is 0 Å². The molecule has 0 aliphatic rings. The lowest BCUT2D eigenvalue weighted by Gasteiger charge is -2.08. The first-order chi connectivity index (χ1) is 12.3. The molecule has 0 bridgehead atoms. The van der Waals surface area contributed by atoms with Crippen LogP contribution in [0.3, 0.4) is 0 Å². The number of carbonyl (C=O) groups is 3. The van der Waals surface area contributed by atoms with Crippen LogP contribution in [-0.2, 0) is 14.3 Å². The summed E-state index contributed by atoms with van der Waals surface area (Å²) in [5.74, 6) is -2.68. The number of anilines is 1. The number of ether oxygens (including phenoxy) is 1. The number of nitrogens with one attached hydrogen (secondary N) is 2. The van der Waals surface area contributed by atoms with E-state index in [1.165, 1.54) is 30.5 Å². The second-order valence-electron chi connectivity index (χ2n) is 4.89. The van der Waals surface area contributed by atoms with Gasteiger partial charge in [-0.05, 0) is 24.3 Å². The van der Waals surface area contributed by atoms with Crippen molar-refractivity contribution in [2.24, 2.45) is 0 Å². The lowest BCUT2D eigenvalue weighted by atomic mass is 10.2. The fraction of sp³-hybridized carbons (Fsp3) is 0.125. The van der Waals surface area contributed by atoms with Gasteiger partial charge in [0.05, 0.1) is 10.0 Å². The van der Waals surface area contributed by atoms with Gasteiger partial charge in [0, 0.05) is 11.8 Å². The highest BCUT2D eigenvalue weighted by molar-refractivity contribution is 6.36. The number of pyridine rings is 1. The van der Waals surface area contributed by atoms with E-state index in [1.54, 1.807) is 0 Å². The van der Waals surface area contributed by atoms with Crippen LogP contribution in [0.25, 0.3) is 0 Å². The Labute approximate surface area is 157 Å². The third kappa shape index (κ3) is 5.98. The molecule has 2 N–H and O–H groups in total. The van der Waals surface area contributed by atoms with Crippen molar-refractivity contribution in [3.8, 4) is 0 Å². The van der Waals surface area contributed by atoms with Crippen LogP contribution in [0.1, 0.15) is 10.4 Å². The second kappa shape index (κ2) is 9.12. The van der Waals surface area contributed by atoms with Gasteiger partial charge in [0.15, 0.2) is 12.4 Å². The molecular formula is C16H12Cl2FN3O4. The summed E-state index contributed by atoms with van der Waals surface area (Å²) in [7, 11) is 0. The minimum atomic E-state index is -0.847. The van der Waals surface area contributed by atoms with Crippen molar-refractivity contribution in [3.63, 3.8) is 0 Å². The van der Waals surface area contributed by atoms with Gasteiger partial charge in [0.1, 0.15) is 12.4 Å². The summed E-state index contributed by atoms with van der Waals surface area (Å²) in [4.78, 5) is 38.8. The maximum atomic E-state index is 13.0. The fourth-order valence-corrected chi connectivity index (χ4v) is 2.18. The number of nitrogens with zero attached hydrogens (tertiary/aromatic N) is 1. The Hall–Kier alpha value is -2.71. The summed E-state index contributed by atoms with van der Waals surface area (Å²) in [6.45, 7) is -1.09. The second-order valence-corrected chi connectivity index (χ2v) is 5.73. The molecule has 2 rings (SSSR count). The maximum Gasteiger partial charge on any atom is 0.325 e. The van der Waals surface area contributed by atoms with Gasteiger partial charge in [-0.1, -0.05) is 29.3 Å². The Bertz CT molecular complexity index is 848. The van der Waals surface area contributed by atoms with E-state index in [2.05, 4.69) is 15.6 Å². The van der Waals surface area contributed by atoms with Crippen molar-refractivity contribution < 1.29 is 23.5 Å². The molecule has 0 radical (unpaired) electrons. The summed E-state index contributed by atoms with van der Waals surface area (Å²) in [6.07, 6.45) is 1.29. The topological polar surface area (TPSA) is 97.4 Å². The number of hydrogen-bond acceptors (Lipinski definition) is 5. The Morgan fingerprint density at radius 2 is 1.96 bits per heavy atom. The third-order valence-electron chi connectivity index (χ3n) is 2.91. The molecule has 10 heteroatoms. The SMILES string of the molecule is O=C(COC(=O)CNC(=O)c1cccc(F)c1)Nc1ncc(Cl)cc1Cl. The van der Waals surface area contributed by atoms with Crippen molar-refractivity contribution in [3.05, 3.63) is 58.0 Å². The zero-order valence-electron chi connectivity index (χ0n) is 13.1. The first-order valence-corrected chi connectivity index (χ1v) is 7.91. The predicted octanol–water partition coefficient (Wildman–Crippen LogP) is 2.44. The number of benzene rings is 1. The van der Waals surface area contributed by atoms with E-state index in [0.29, 0.717) is 5.02 Å². The van der Waals surface area contributed by atoms with Crippen molar-refractivity contribution in [2.45, 2.75) is 0 Å². The molecule has 1 aromatic heterocycles. The van der Waals surface area contributed by atoms with Gasteiger partial charge in [0.25, 0.3) is 11.8 Å². The van der Waals surface area contributed by atoms with Crippen LogP contribution in [0.2, 0.25) is 10.0 Å². The molecule has 0 aliphatic heterocycles. The molecule has 0 saturated heterocycles. The molecule has 0 atom stereocenters. The van der Waals surface area contributed by atoms with Crippen molar-refractivity contribution in [1.29, 1.82) is 0 Å². The van der Waals surface area contributed by atoms with Crippen LogP contribution >= 0.6 is 23.2 Å². The first kappa shape index (κ1) is 19.6. The number of amides is 2. The third-order valence-corrected chi connectivity index (χ3v) is 3.40. The highest BCUT2D eigenvalue weighted by Gasteiger charge is 2.13. The van der Waals surface area contributed by atoms with Crippen LogP contribution in [-0.4, -0.2) is 35.9 Å². The summed E-state index contributed by atoms with van der Waals surface area (Å²) in [6, 6.07) is 6.35. The zero-order chi connectivity index (χ0) is 19.1. The Kier molecular flexibility index (Phi) is 6.88. The monoisotopic (exact) mass is 399 g/mol. The Balaban J connectivity index is 1.76. The zero-order valence-corrected chi connectivity index (χ0v) is 14.6. The highest BCUT2D eigenvalue weighted by Crippen LogP contribution is 2.22. The minimum absolute atomic E-state index is 0.0546. The van der Waals surface area contributed by atoms with Gasteiger partial charge in [-0.15, -0.1) is 0 Å². The van der Waals surface area contributed by atoms with E-state index < -0.39 is 36.8 Å². The standard InChI is InChI=1S/C16H12Cl2FN3O4/c17-10-5-12(18)15(20-6-10)22-13(23)8-26-14(24)7-21-16(25)9-2-1-3-11(19)4-9/h1-6H,7-8H2,(H,21,25)(H,20,22,23). The van der Waals surface area contributed by atoms with Gasteiger partial charge >= 0.3 is 5.97 Å². The van der Waals surface area contributed by atoms with E-state index in [0.717, 1.165) is 6.07 Å². The molecule has 1 aromatic carbocycles. The minimum Gasteiger partial charge on any atom is -0.454 e. The number of esters is 1. The van der Waals surface area contributed by atoms with Crippen molar-refractivity contribution in [2.75, 3.05) is 18.5 Å². The van der Waals surface area contributed by atoms with E-state index in [9.17, 15) is 18.8 Å². The normalized spacial score (nSPS) is 10.1. The molecule has 1 heterocycles. The average molecular weight is 400 g/mol. The van der Waals surface area contributed by atoms with Crippen LogP contribution in [0.4, 0.5) is 10.2 Å². The molecule has 26 heavy (non-hydrogen) atoms. The molecular weight excluding hydrogens is 388 g/mol. The Morgan fingerprint density at radius 3 is 2.65 bits per heavy atom. The van der Waals surface area contributed by atoms with Gasteiger partial charge < -0.3 is 15.4 Å². The smallest absolute Gasteiger partial charge is 0.325 e. The summed E-state index contributed by atoms with van der Waals surface area (Å²) < 4.78 is 17.7. The summed E-state index contributed by atoms with van der Waals surface area (Å²) in [5.41, 5.74) is 0.0546. The molecule has 0 spiro atoms. The molecule has 7 nitrogen and oxygen atoms in total. The van der Waals surface area contributed by atoms with Crippen LogP contribution in [0.5, 0.6) is 0 Å². The number of aromatic nitrogens is 1. The first-order valence-electron chi connectivity index (χ1n) is 7.15. The summed E-state index contributed by atoms with van der Waals surface area (Å²) >= 11 is 11.5. The quantitative estimate of drug-likeness (QED) is 0.726. The molecule has 136 valence electrons. The van der Waals surface area contributed by atoms with Gasteiger partial charge in [-0.2, -0.15) is 0 Å². The molecule has 0 saturated carbocycles. The van der Waals surface area contributed by atoms with Crippen molar-refractivity contribution >= 4 is 46.8 Å². The number of hydrogen-bond donors (Lipinski definition) is 2. The largest absolute Gasteiger partial charge is 0.454 e. The molecule has 0 aliphatic carbocycles.